The predicted octanol–water partition coefficient (Wildman–Crippen LogP) is 2.11. The van der Waals surface area contributed by atoms with Gasteiger partial charge in [0.2, 0.25) is 11.2 Å². The molecule has 0 spiro atoms. The lowest BCUT2D eigenvalue weighted by Gasteiger charge is -2.40. The van der Waals surface area contributed by atoms with Crippen molar-refractivity contribution in [3.8, 4) is 0 Å². The number of nitrogen functional groups attached to an aromatic ring is 2. The van der Waals surface area contributed by atoms with Gasteiger partial charge in [0.25, 0.3) is 0 Å². The number of halogens is 3. The van der Waals surface area contributed by atoms with E-state index in [4.69, 9.17) is 60.9 Å². The van der Waals surface area contributed by atoms with Gasteiger partial charge in [-0.1, -0.05) is 30.6 Å². The van der Waals surface area contributed by atoms with Gasteiger partial charge in [-0.25, -0.2) is 9.59 Å². The molecule has 2 aliphatic rings. The smallest absolute Gasteiger partial charge is 0.410 e. The molecule has 2 aromatic heterocycles. The maximum atomic E-state index is 12.2. The van der Waals surface area contributed by atoms with E-state index in [2.05, 4.69) is 35.7 Å². The summed E-state index contributed by atoms with van der Waals surface area (Å²) in [4.78, 5) is 36.4. The van der Waals surface area contributed by atoms with E-state index in [1.165, 1.54) is 4.90 Å². The average molecular weight is 742 g/mol. The Morgan fingerprint density at radius 2 is 1.31 bits per heavy atom. The van der Waals surface area contributed by atoms with Crippen molar-refractivity contribution >= 4 is 64.6 Å². The van der Waals surface area contributed by atoms with Crippen LogP contribution < -0.4 is 21.7 Å². The van der Waals surface area contributed by atoms with Gasteiger partial charge in [-0.2, -0.15) is 9.97 Å². The van der Waals surface area contributed by atoms with Crippen LogP contribution in [0.15, 0.2) is 0 Å². The van der Waals surface area contributed by atoms with Crippen LogP contribution in [0.4, 0.5) is 27.2 Å². The summed E-state index contributed by atoms with van der Waals surface area (Å²) in [6, 6.07) is -0.604. The first-order valence-corrected chi connectivity index (χ1v) is 15.6. The molecular formula is C27H47Cl3N12O6. The Bertz CT molecular complexity index is 1330. The van der Waals surface area contributed by atoms with E-state index < -0.39 is 23.3 Å². The molecule has 48 heavy (non-hydrogen) atoms. The van der Waals surface area contributed by atoms with Crippen LogP contribution in [0.3, 0.4) is 0 Å². The molecule has 2 fully saturated rings. The number of aliphatic hydroxyl groups is 2. The number of nitrogens with zero attached hydrogens (tertiary/aromatic N) is 9. The predicted molar refractivity (Wildman–Crippen MR) is 183 cm³/mol. The van der Waals surface area contributed by atoms with Crippen LogP contribution in [0, 0.1) is 0 Å². The average Bonchev–Trinajstić information content (AvgIpc) is 2.99. The number of anilines is 3. The van der Waals surface area contributed by atoms with Crippen LogP contribution in [-0.2, 0) is 9.47 Å². The quantitative estimate of drug-likeness (QED) is 0.302. The molecule has 0 aromatic carbocycles. The van der Waals surface area contributed by atoms with Crippen molar-refractivity contribution < 1.29 is 29.3 Å². The maximum absolute atomic E-state index is 12.2. The molecule has 0 saturated carbocycles. The van der Waals surface area contributed by atoms with Gasteiger partial charge in [0, 0.05) is 39.3 Å². The van der Waals surface area contributed by atoms with E-state index in [1.807, 2.05) is 20.8 Å². The lowest BCUT2D eigenvalue weighted by atomic mass is 10.2. The Hall–Kier alpha value is -3.29. The third kappa shape index (κ3) is 14.1. The van der Waals surface area contributed by atoms with Gasteiger partial charge < -0.3 is 46.3 Å². The van der Waals surface area contributed by atoms with Crippen LogP contribution in [0.5, 0.6) is 0 Å². The summed E-state index contributed by atoms with van der Waals surface area (Å²) in [5.74, 6) is 0.498. The first kappa shape index (κ1) is 42.7. The molecule has 4 heterocycles. The number of nitrogens with two attached hydrogens (primary N) is 2. The second kappa shape index (κ2) is 19.0. The number of carbonyl (C=O) groups is 2. The summed E-state index contributed by atoms with van der Waals surface area (Å²) < 4.78 is 10.6. The summed E-state index contributed by atoms with van der Waals surface area (Å²) in [7, 11) is 0. The van der Waals surface area contributed by atoms with Gasteiger partial charge in [-0.15, -0.1) is 20.4 Å². The lowest BCUT2D eigenvalue weighted by Crippen LogP contribution is -2.58. The Balaban J connectivity index is 0.000000395. The maximum Gasteiger partial charge on any atom is 0.410 e. The summed E-state index contributed by atoms with van der Waals surface area (Å²) >= 11 is 16.4. The molecule has 0 unspecified atom stereocenters. The fraction of sp³-hybridized carbons (Fsp3) is 0.704. The Morgan fingerprint density at radius 1 is 0.812 bits per heavy atom. The third-order valence-electron chi connectivity index (χ3n) is 6.10. The van der Waals surface area contributed by atoms with Crippen molar-refractivity contribution in [3.05, 3.63) is 15.6 Å². The minimum atomic E-state index is -0.591. The number of hydrogen-bond acceptors (Lipinski definition) is 16. The molecule has 21 heteroatoms. The largest absolute Gasteiger partial charge is 0.444 e. The summed E-state index contributed by atoms with van der Waals surface area (Å²) in [6.45, 7) is 13.8. The number of hydrogen-bond donors (Lipinski definition) is 5. The molecule has 272 valence electrons. The Morgan fingerprint density at radius 3 is 1.77 bits per heavy atom. The van der Waals surface area contributed by atoms with Crippen LogP contribution in [0.1, 0.15) is 49.0 Å². The summed E-state index contributed by atoms with van der Waals surface area (Å²) in [5.41, 5.74) is 9.75. The number of ether oxygens (including phenoxy) is 2. The first-order valence-electron chi connectivity index (χ1n) is 14.5. The summed E-state index contributed by atoms with van der Waals surface area (Å²) in [5, 5.41) is 36.3. The van der Waals surface area contributed by atoms with E-state index in [-0.39, 0.29) is 60.0 Å². The fourth-order valence-electron chi connectivity index (χ4n) is 3.99. The molecule has 4 rings (SSSR count). The van der Waals surface area contributed by atoms with Crippen molar-refractivity contribution in [1.29, 1.82) is 0 Å². The van der Waals surface area contributed by atoms with E-state index >= 15 is 0 Å². The monoisotopic (exact) mass is 740 g/mol. The number of nitrogens with one attached hydrogen (secondary N) is 1. The minimum absolute atomic E-state index is 0. The van der Waals surface area contributed by atoms with Gasteiger partial charge in [-0.05, 0) is 53.1 Å². The zero-order valence-corrected chi connectivity index (χ0v) is 29.4. The normalized spacial score (nSPS) is 17.9. The standard InChI is InChI=1S/C13H21ClN6O3.C10H20N2O3.C3H2Cl2N4.CH4/c1-13(2,3)23-12(22)20-5-4-19(6-8(20)7-21)11-16-10(15)9(14)17-18-11;1-10(2,3)15-9(14)12-5-4-11-6-8(12)7-13;4-1-2(6)7-3(5)9-8-1;/h8,21H,4-7H2,1-3H3,(H2,15,16,18);8,11,13H,4-7H2,1-3H3;(H2,6,7,9);1H4/t2*8-;;/m00../s1. The zero-order chi connectivity index (χ0) is 35.5. The Labute approximate surface area is 295 Å². The molecule has 2 atom stereocenters. The van der Waals surface area contributed by atoms with Crippen molar-refractivity contribution in [3.63, 3.8) is 0 Å². The topological polar surface area (TPSA) is 244 Å². The van der Waals surface area contributed by atoms with Crippen molar-refractivity contribution in [2.45, 2.75) is 72.3 Å². The highest BCUT2D eigenvalue weighted by molar-refractivity contribution is 6.32. The number of piperazine rings is 2. The van der Waals surface area contributed by atoms with E-state index in [0.717, 1.165) is 6.54 Å². The van der Waals surface area contributed by atoms with E-state index in [1.54, 1.807) is 30.6 Å². The van der Waals surface area contributed by atoms with Gasteiger partial charge in [-0.3, -0.25) is 4.90 Å². The van der Waals surface area contributed by atoms with Gasteiger partial charge in [0.15, 0.2) is 21.9 Å². The number of amides is 2. The Kier molecular flexibility index (Phi) is 17.0. The van der Waals surface area contributed by atoms with Crippen LogP contribution in [0.2, 0.25) is 15.6 Å². The highest BCUT2D eigenvalue weighted by atomic mass is 35.5. The number of aliphatic hydroxyl groups excluding tert-OH is 2. The third-order valence-corrected chi connectivity index (χ3v) is 6.80. The first-order chi connectivity index (χ1) is 21.8. The molecule has 0 radical (unpaired) electrons. The molecule has 0 bridgehead atoms. The molecule has 7 N–H and O–H groups in total. The fourth-order valence-corrected chi connectivity index (χ4v) is 4.28. The second-order valence-electron chi connectivity index (χ2n) is 12.2. The molecular weight excluding hydrogens is 695 g/mol. The van der Waals surface area contributed by atoms with E-state index in [9.17, 15) is 14.7 Å². The van der Waals surface area contributed by atoms with E-state index in [0.29, 0.717) is 38.7 Å². The highest BCUT2D eigenvalue weighted by Gasteiger charge is 2.34. The summed E-state index contributed by atoms with van der Waals surface area (Å²) in [6.07, 6.45) is -0.797. The number of aromatic nitrogens is 6. The van der Waals surface area contributed by atoms with Crippen LogP contribution in [0.25, 0.3) is 0 Å². The number of carbonyl (C=O) groups excluding carboxylic acids is 2. The van der Waals surface area contributed by atoms with Crippen molar-refractivity contribution in [2.24, 2.45) is 0 Å². The molecule has 2 saturated heterocycles. The van der Waals surface area contributed by atoms with Gasteiger partial charge in [0.1, 0.15) is 11.2 Å². The van der Waals surface area contributed by atoms with Crippen molar-refractivity contribution in [1.82, 2.24) is 45.5 Å². The zero-order valence-electron chi connectivity index (χ0n) is 27.2. The molecule has 2 aliphatic heterocycles. The lowest BCUT2D eigenvalue weighted by molar-refractivity contribution is 0.00441. The molecule has 0 aliphatic carbocycles. The molecule has 18 nitrogen and oxygen atoms in total. The molecule has 2 aromatic rings. The van der Waals surface area contributed by atoms with Crippen LogP contribution in [-0.4, -0.2) is 138 Å². The number of rotatable bonds is 3. The van der Waals surface area contributed by atoms with Crippen LogP contribution >= 0.6 is 34.8 Å². The van der Waals surface area contributed by atoms with Gasteiger partial charge in [0.05, 0.1) is 25.3 Å². The highest BCUT2D eigenvalue weighted by Crippen LogP contribution is 2.21. The minimum Gasteiger partial charge on any atom is -0.444 e. The molecule has 2 amide bonds. The van der Waals surface area contributed by atoms with Gasteiger partial charge >= 0.3 is 12.2 Å². The van der Waals surface area contributed by atoms with Crippen molar-refractivity contribution in [2.75, 3.05) is 68.8 Å². The SMILES string of the molecule is C.CC(C)(C)OC(=O)N1CCN(c2nnc(Cl)c(N)n2)C[C@H]1CO.CC(C)(C)OC(=O)N1CCNC[C@H]1CO.Nc1nc(Cl)nnc1Cl. The second-order valence-corrected chi connectivity index (χ2v) is 13.3.